The SMILES string of the molecule is CCC(C(=O)O)[C@H]1CC[C@H](C)[C@H]([C@@H](C)[C@H](O)[C@H](C)C(=O)C2([C@H]3O[C@]4(C=CC(=O)[C@]5(CC[C@@](C)([C@H]6CCC(CC)(CC)[C@H](C)O6)O5)O4)[C@H](C)C[C@@H]3C)C[C@@H]2C)O1. The van der Waals surface area contributed by atoms with Gasteiger partial charge in [-0.2, -0.15) is 0 Å². The molecule has 0 bridgehead atoms. The highest BCUT2D eigenvalue weighted by Gasteiger charge is 2.69. The summed E-state index contributed by atoms with van der Waals surface area (Å²) in [5.41, 5.74) is -1.38. The molecule has 0 aromatic heterocycles. The van der Waals surface area contributed by atoms with Crippen LogP contribution in [0.2, 0.25) is 0 Å². The van der Waals surface area contributed by atoms with Crippen LogP contribution >= 0.6 is 0 Å². The summed E-state index contributed by atoms with van der Waals surface area (Å²) in [4.78, 5) is 40.6. The van der Waals surface area contributed by atoms with Crippen LogP contribution in [0.1, 0.15) is 147 Å². The number of ether oxygens (including phenoxy) is 5. The molecule has 2 N–H and O–H groups in total. The van der Waals surface area contributed by atoms with E-state index in [2.05, 4.69) is 55.4 Å². The maximum Gasteiger partial charge on any atom is 0.309 e. The summed E-state index contributed by atoms with van der Waals surface area (Å²) < 4.78 is 34.1. The van der Waals surface area contributed by atoms with Crippen molar-refractivity contribution >= 4 is 17.5 Å². The summed E-state index contributed by atoms with van der Waals surface area (Å²) >= 11 is 0. The van der Waals surface area contributed by atoms with Crippen molar-refractivity contribution in [2.45, 2.75) is 201 Å². The van der Waals surface area contributed by atoms with Gasteiger partial charge in [0.15, 0.2) is 5.79 Å². The van der Waals surface area contributed by atoms with Crippen molar-refractivity contribution in [2.24, 2.45) is 52.3 Å². The molecule has 17 atom stereocenters. The molecule has 1 saturated carbocycles. The van der Waals surface area contributed by atoms with E-state index in [0.717, 1.165) is 38.5 Å². The fraction of sp³-hybridized carbons (Fsp3) is 0.889. The Bertz CT molecular complexity index is 1470. The Morgan fingerprint density at radius 3 is 2.16 bits per heavy atom. The lowest BCUT2D eigenvalue weighted by Crippen LogP contribution is -2.62. The molecule has 0 amide bonds. The molecular formula is C45H72O10. The molecule has 0 aromatic carbocycles. The molecule has 5 aliphatic heterocycles. The van der Waals surface area contributed by atoms with Crippen molar-refractivity contribution in [3.05, 3.63) is 12.2 Å². The predicted octanol–water partition coefficient (Wildman–Crippen LogP) is 8.06. The zero-order valence-electron chi connectivity index (χ0n) is 35.6. The van der Waals surface area contributed by atoms with E-state index >= 15 is 0 Å². The van der Waals surface area contributed by atoms with E-state index in [1.54, 1.807) is 12.2 Å². The number of carbonyl (C=O) groups excluding carboxylic acids is 2. The van der Waals surface area contributed by atoms with Gasteiger partial charge in [0.1, 0.15) is 5.78 Å². The highest BCUT2D eigenvalue weighted by atomic mass is 16.8. The molecule has 10 nitrogen and oxygen atoms in total. The fourth-order valence-corrected chi connectivity index (χ4v) is 12.0. The first kappa shape index (κ1) is 42.9. The molecule has 0 aromatic rings. The van der Waals surface area contributed by atoms with Gasteiger partial charge in [-0.3, -0.25) is 14.4 Å². The molecule has 5 heterocycles. The Hall–Kier alpha value is -1.69. The maximum absolute atomic E-state index is 14.8. The second-order valence-electron chi connectivity index (χ2n) is 19.4. The standard InChI is InChI=1S/C45H72O10/c1-12-32(40(49)50)33-16-15-25(4)37(52-33)29(8)36(47)30(9)38(48)43(24-28(43)7)39-26(5)23-27(6)44(53-39)20-17-34(46)45(55-44)22-21-41(11,54-45)35-18-19-42(13-2,14-3)31(10)51-35/h17,20,25-33,35-37,39,47H,12-16,18-19,21-24H2,1-11H3,(H,49,50)/t25-,26-,27+,28-,29-,30-,31-,32?,33+,35+,36-,37+,39-,41-,43?,44-,45-/m0/s1. The van der Waals surface area contributed by atoms with Crippen molar-refractivity contribution < 1.29 is 48.3 Å². The minimum absolute atomic E-state index is 0.0213. The summed E-state index contributed by atoms with van der Waals surface area (Å²) in [6.45, 7) is 22.7. The monoisotopic (exact) mass is 773 g/mol. The van der Waals surface area contributed by atoms with Crippen LogP contribution in [-0.4, -0.2) is 81.5 Å². The second kappa shape index (κ2) is 15.5. The van der Waals surface area contributed by atoms with Crippen LogP contribution in [-0.2, 0) is 38.1 Å². The molecule has 312 valence electrons. The van der Waals surface area contributed by atoms with Crippen molar-refractivity contribution in [2.75, 3.05) is 0 Å². The summed E-state index contributed by atoms with van der Waals surface area (Å²) in [5.74, 6) is -5.49. The Morgan fingerprint density at radius 2 is 1.58 bits per heavy atom. The normalized spacial score (nSPS) is 46.3. The lowest BCUT2D eigenvalue weighted by Gasteiger charge is -2.53. The van der Waals surface area contributed by atoms with Crippen LogP contribution in [0, 0.1) is 52.3 Å². The van der Waals surface area contributed by atoms with E-state index in [4.69, 9.17) is 23.7 Å². The first-order chi connectivity index (χ1) is 25.8. The molecule has 55 heavy (non-hydrogen) atoms. The third kappa shape index (κ3) is 7.13. The molecule has 6 rings (SSSR count). The number of carbonyl (C=O) groups is 3. The van der Waals surface area contributed by atoms with E-state index in [1.165, 1.54) is 0 Å². The smallest absolute Gasteiger partial charge is 0.309 e. The van der Waals surface area contributed by atoms with Crippen molar-refractivity contribution in [1.82, 2.24) is 0 Å². The first-order valence-electron chi connectivity index (χ1n) is 21.9. The third-order valence-corrected chi connectivity index (χ3v) is 16.3. The number of aliphatic carboxylic acids is 1. The zero-order chi connectivity index (χ0) is 40.5. The van der Waals surface area contributed by atoms with E-state index in [0.29, 0.717) is 32.1 Å². The lowest BCUT2D eigenvalue weighted by atomic mass is 9.70. The Kier molecular flexibility index (Phi) is 12.1. The van der Waals surface area contributed by atoms with Gasteiger partial charge in [-0.1, -0.05) is 62.3 Å². The van der Waals surface area contributed by atoms with Gasteiger partial charge in [-0.25, -0.2) is 0 Å². The third-order valence-electron chi connectivity index (χ3n) is 16.3. The van der Waals surface area contributed by atoms with E-state index < -0.39 is 58.7 Å². The lowest BCUT2D eigenvalue weighted by molar-refractivity contribution is -0.379. The van der Waals surface area contributed by atoms with Crippen molar-refractivity contribution in [3.8, 4) is 0 Å². The van der Waals surface area contributed by atoms with Crippen LogP contribution in [0.25, 0.3) is 0 Å². The zero-order valence-corrected chi connectivity index (χ0v) is 35.6. The average molecular weight is 773 g/mol. The van der Waals surface area contributed by atoms with Crippen LogP contribution in [0.3, 0.4) is 0 Å². The predicted molar refractivity (Wildman–Crippen MR) is 208 cm³/mol. The number of carboxylic acids is 1. The topological polar surface area (TPSA) is 138 Å². The summed E-state index contributed by atoms with van der Waals surface area (Å²) in [5, 5.41) is 21.7. The highest BCUT2D eigenvalue weighted by Crippen LogP contribution is 2.63. The minimum atomic E-state index is -1.50. The van der Waals surface area contributed by atoms with Gasteiger partial charge in [-0.15, -0.1) is 0 Å². The number of carboxylic acid groups (broad SMARTS) is 1. The molecule has 2 unspecified atom stereocenters. The fourth-order valence-electron chi connectivity index (χ4n) is 12.0. The van der Waals surface area contributed by atoms with Gasteiger partial charge in [-0.05, 0) is 113 Å². The molecule has 2 spiro atoms. The largest absolute Gasteiger partial charge is 0.481 e. The number of hydrogen-bond donors (Lipinski definition) is 2. The van der Waals surface area contributed by atoms with Gasteiger partial charge in [0, 0.05) is 24.2 Å². The molecule has 1 aliphatic carbocycles. The Labute approximate surface area is 330 Å². The first-order valence-corrected chi connectivity index (χ1v) is 21.9. The number of aliphatic hydroxyl groups is 1. The summed E-state index contributed by atoms with van der Waals surface area (Å²) in [6.07, 6.45) is 9.32. The highest BCUT2D eigenvalue weighted by molar-refractivity contribution is 5.97. The number of rotatable bonds is 12. The molecule has 6 aliphatic rings. The van der Waals surface area contributed by atoms with Gasteiger partial charge in [0.2, 0.25) is 11.6 Å². The van der Waals surface area contributed by atoms with E-state index in [9.17, 15) is 24.6 Å². The van der Waals surface area contributed by atoms with Crippen LogP contribution in [0.15, 0.2) is 12.2 Å². The summed E-state index contributed by atoms with van der Waals surface area (Å²) in [6, 6.07) is 0. The molecule has 10 heteroatoms. The van der Waals surface area contributed by atoms with Crippen LogP contribution in [0.5, 0.6) is 0 Å². The average Bonchev–Trinajstić information content (AvgIpc) is 3.72. The van der Waals surface area contributed by atoms with E-state index in [1.807, 2.05) is 20.8 Å². The van der Waals surface area contributed by atoms with Gasteiger partial charge < -0.3 is 33.9 Å². The molecule has 5 fully saturated rings. The summed E-state index contributed by atoms with van der Waals surface area (Å²) in [7, 11) is 0. The number of ketones is 2. The maximum atomic E-state index is 14.8. The van der Waals surface area contributed by atoms with Crippen molar-refractivity contribution in [1.29, 1.82) is 0 Å². The Morgan fingerprint density at radius 1 is 0.909 bits per heavy atom. The Balaban J connectivity index is 1.19. The number of hydrogen-bond acceptors (Lipinski definition) is 9. The molecular weight excluding hydrogens is 700 g/mol. The van der Waals surface area contributed by atoms with Crippen LogP contribution in [0.4, 0.5) is 0 Å². The van der Waals surface area contributed by atoms with Gasteiger partial charge in [0.05, 0.1) is 53.6 Å². The minimum Gasteiger partial charge on any atom is -0.481 e. The van der Waals surface area contributed by atoms with Gasteiger partial charge in [0.25, 0.3) is 0 Å². The quantitative estimate of drug-likeness (QED) is 0.200. The number of Topliss-reactive ketones (excluding diaryl/α,β-unsaturated/α-hetero) is 1. The van der Waals surface area contributed by atoms with E-state index in [-0.39, 0.29) is 64.9 Å². The molecule has 4 saturated heterocycles. The van der Waals surface area contributed by atoms with Crippen molar-refractivity contribution in [3.63, 3.8) is 0 Å². The van der Waals surface area contributed by atoms with Gasteiger partial charge >= 0.3 is 5.97 Å². The number of aliphatic hydroxyl groups excluding tert-OH is 1. The second-order valence-corrected chi connectivity index (χ2v) is 19.4. The van der Waals surface area contributed by atoms with Crippen LogP contribution < -0.4 is 0 Å². The molecule has 0 radical (unpaired) electrons.